The summed E-state index contributed by atoms with van der Waals surface area (Å²) in [6.45, 7) is 1.90. The minimum atomic E-state index is -3.66. The number of aromatic amines is 1. The van der Waals surface area contributed by atoms with Crippen LogP contribution in [0.25, 0.3) is 0 Å². The van der Waals surface area contributed by atoms with E-state index in [1.165, 1.54) is 17.5 Å². The lowest BCUT2D eigenvalue weighted by molar-refractivity contribution is 0.591. The van der Waals surface area contributed by atoms with Crippen LogP contribution in [0.4, 0.5) is 5.69 Å². The highest BCUT2D eigenvalue weighted by molar-refractivity contribution is 7.92. The third kappa shape index (κ3) is 3.06. The molecule has 1 heterocycles. The van der Waals surface area contributed by atoms with Crippen molar-refractivity contribution in [2.24, 2.45) is 5.73 Å². The van der Waals surface area contributed by atoms with Gasteiger partial charge in [-0.3, -0.25) is 4.31 Å². The highest BCUT2D eigenvalue weighted by Gasteiger charge is 2.23. The number of hydrogen-bond donors (Lipinski definition) is 2. The molecule has 2 aromatic rings. The summed E-state index contributed by atoms with van der Waals surface area (Å²) < 4.78 is 26.2. The number of H-pyrrole nitrogens is 1. The molecule has 0 saturated carbocycles. The molecule has 112 valence electrons. The van der Waals surface area contributed by atoms with Crippen molar-refractivity contribution in [2.75, 3.05) is 11.4 Å². The number of sulfonamides is 1. The zero-order chi connectivity index (χ0) is 15.6. The number of imidazole rings is 1. The van der Waals surface area contributed by atoms with Crippen molar-refractivity contribution in [3.8, 4) is 0 Å². The highest BCUT2D eigenvalue weighted by Crippen LogP contribution is 2.21. The van der Waals surface area contributed by atoms with Gasteiger partial charge in [0, 0.05) is 19.0 Å². The summed E-state index contributed by atoms with van der Waals surface area (Å²) in [5.41, 5.74) is 6.73. The molecule has 0 aliphatic carbocycles. The highest BCUT2D eigenvalue weighted by atomic mass is 32.2. The van der Waals surface area contributed by atoms with Crippen molar-refractivity contribution < 1.29 is 8.42 Å². The van der Waals surface area contributed by atoms with Crippen LogP contribution in [-0.4, -0.2) is 30.4 Å². The molecule has 0 aliphatic heterocycles. The van der Waals surface area contributed by atoms with E-state index in [4.69, 9.17) is 18.0 Å². The van der Waals surface area contributed by atoms with Crippen LogP contribution in [0.3, 0.4) is 0 Å². The second-order valence-corrected chi connectivity index (χ2v) is 6.81. The normalized spacial score (nSPS) is 11.3. The Morgan fingerprint density at radius 2 is 2.00 bits per heavy atom. The van der Waals surface area contributed by atoms with Crippen LogP contribution in [0.1, 0.15) is 18.3 Å². The number of rotatable bonds is 5. The molecule has 0 amide bonds. The maximum absolute atomic E-state index is 12.5. The van der Waals surface area contributed by atoms with E-state index in [-0.39, 0.29) is 10.0 Å². The summed E-state index contributed by atoms with van der Waals surface area (Å²) in [6.07, 6.45) is 1.97. The number of nitrogens with zero attached hydrogens (tertiary/aromatic N) is 2. The van der Waals surface area contributed by atoms with Crippen LogP contribution in [0.2, 0.25) is 0 Å². The van der Waals surface area contributed by atoms with Gasteiger partial charge >= 0.3 is 0 Å². The molecular formula is C13H16N4O2S2. The van der Waals surface area contributed by atoms with E-state index in [1.807, 2.05) is 6.92 Å². The SMILES string of the molecule is CCc1ncc(S(=O)(=O)N(C)c2ccc(C(N)=S)cc2)[nH]1. The number of nitrogens with two attached hydrogens (primary N) is 1. The Labute approximate surface area is 129 Å². The Bertz CT molecular complexity index is 751. The maximum atomic E-state index is 12.5. The first-order chi connectivity index (χ1) is 9.86. The number of nitrogens with one attached hydrogen (secondary N) is 1. The zero-order valence-electron chi connectivity index (χ0n) is 11.7. The van der Waals surface area contributed by atoms with Crippen LogP contribution in [-0.2, 0) is 16.4 Å². The zero-order valence-corrected chi connectivity index (χ0v) is 13.3. The summed E-state index contributed by atoms with van der Waals surface area (Å²) >= 11 is 4.87. The molecule has 21 heavy (non-hydrogen) atoms. The molecule has 0 fully saturated rings. The van der Waals surface area contributed by atoms with Gasteiger partial charge in [-0.1, -0.05) is 19.1 Å². The van der Waals surface area contributed by atoms with Gasteiger partial charge in [-0.25, -0.2) is 4.98 Å². The van der Waals surface area contributed by atoms with Crippen LogP contribution < -0.4 is 10.0 Å². The first kappa shape index (κ1) is 15.5. The molecular weight excluding hydrogens is 308 g/mol. The van der Waals surface area contributed by atoms with Gasteiger partial charge < -0.3 is 10.7 Å². The van der Waals surface area contributed by atoms with Gasteiger partial charge in [-0.15, -0.1) is 0 Å². The topological polar surface area (TPSA) is 92.1 Å². The molecule has 0 saturated heterocycles. The fourth-order valence-electron chi connectivity index (χ4n) is 1.78. The summed E-state index contributed by atoms with van der Waals surface area (Å²) in [7, 11) is -2.18. The lowest BCUT2D eigenvalue weighted by atomic mass is 10.2. The molecule has 3 N–H and O–H groups in total. The smallest absolute Gasteiger partial charge is 0.281 e. The predicted octanol–water partition coefficient (Wildman–Crippen LogP) is 1.43. The van der Waals surface area contributed by atoms with E-state index in [9.17, 15) is 8.42 Å². The van der Waals surface area contributed by atoms with Gasteiger partial charge in [0.2, 0.25) is 0 Å². The quantitative estimate of drug-likeness (QED) is 0.812. The summed E-state index contributed by atoms with van der Waals surface area (Å²) in [4.78, 5) is 7.09. The van der Waals surface area contributed by atoms with Gasteiger partial charge in [-0.05, 0) is 24.3 Å². The number of aromatic nitrogens is 2. The van der Waals surface area contributed by atoms with Crippen LogP contribution in [0, 0.1) is 0 Å². The monoisotopic (exact) mass is 324 g/mol. The third-order valence-corrected chi connectivity index (χ3v) is 5.02. The first-order valence-corrected chi connectivity index (χ1v) is 8.13. The number of anilines is 1. The van der Waals surface area contributed by atoms with Crippen molar-refractivity contribution in [3.05, 3.63) is 41.9 Å². The molecule has 0 atom stereocenters. The maximum Gasteiger partial charge on any atom is 0.281 e. The van der Waals surface area contributed by atoms with E-state index in [0.29, 0.717) is 23.5 Å². The summed E-state index contributed by atoms with van der Waals surface area (Å²) in [5, 5.41) is 0.0697. The van der Waals surface area contributed by atoms with Crippen molar-refractivity contribution in [1.29, 1.82) is 0 Å². The van der Waals surface area contributed by atoms with Crippen molar-refractivity contribution in [1.82, 2.24) is 9.97 Å². The molecule has 0 radical (unpaired) electrons. The van der Waals surface area contributed by atoms with Crippen LogP contribution >= 0.6 is 12.2 Å². The van der Waals surface area contributed by atoms with Crippen LogP contribution in [0.15, 0.2) is 35.5 Å². The molecule has 6 nitrogen and oxygen atoms in total. The second-order valence-electron chi connectivity index (χ2n) is 4.43. The minimum absolute atomic E-state index is 0.0697. The first-order valence-electron chi connectivity index (χ1n) is 6.29. The Hall–Kier alpha value is -1.93. The van der Waals surface area contributed by atoms with Gasteiger partial charge in [0.25, 0.3) is 10.0 Å². The van der Waals surface area contributed by atoms with Crippen molar-refractivity contribution in [2.45, 2.75) is 18.4 Å². The second kappa shape index (κ2) is 5.82. The molecule has 1 aromatic carbocycles. The Morgan fingerprint density at radius 3 is 2.48 bits per heavy atom. The van der Waals surface area contributed by atoms with E-state index in [0.717, 1.165) is 0 Å². The third-order valence-electron chi connectivity index (χ3n) is 3.09. The molecule has 1 aromatic heterocycles. The fourth-order valence-corrected chi connectivity index (χ4v) is 3.04. The minimum Gasteiger partial charge on any atom is -0.389 e. The van der Waals surface area contributed by atoms with Gasteiger partial charge in [0.05, 0.1) is 11.9 Å². The van der Waals surface area contributed by atoms with Gasteiger partial charge in [0.15, 0.2) is 5.03 Å². The van der Waals surface area contributed by atoms with Crippen molar-refractivity contribution >= 4 is 32.9 Å². The molecule has 0 unspecified atom stereocenters. The fraction of sp³-hybridized carbons (Fsp3) is 0.231. The standard InChI is InChI=1S/C13H16N4O2S2/c1-3-11-15-8-12(16-11)21(18,19)17(2)10-6-4-9(5-7-10)13(14)20/h4-8H,3H2,1-2H3,(H2,14,20)(H,15,16). The predicted molar refractivity (Wildman–Crippen MR) is 85.9 cm³/mol. The average Bonchev–Trinajstić information content (AvgIpc) is 2.96. The summed E-state index contributed by atoms with van der Waals surface area (Å²) in [5.74, 6) is 0.630. The average molecular weight is 324 g/mol. The lowest BCUT2D eigenvalue weighted by Gasteiger charge is -2.18. The number of aryl methyl sites for hydroxylation is 1. The molecule has 0 spiro atoms. The van der Waals surface area contributed by atoms with E-state index < -0.39 is 10.0 Å². The lowest BCUT2D eigenvalue weighted by Crippen LogP contribution is -2.27. The summed E-state index contributed by atoms with van der Waals surface area (Å²) in [6, 6.07) is 6.69. The molecule has 0 bridgehead atoms. The van der Waals surface area contributed by atoms with Crippen molar-refractivity contribution in [3.63, 3.8) is 0 Å². The molecule has 2 rings (SSSR count). The Morgan fingerprint density at radius 1 is 1.38 bits per heavy atom. The van der Waals surface area contributed by atoms with E-state index in [1.54, 1.807) is 24.3 Å². The molecule has 8 heteroatoms. The van der Waals surface area contributed by atoms with Crippen LogP contribution in [0.5, 0.6) is 0 Å². The van der Waals surface area contributed by atoms with E-state index >= 15 is 0 Å². The molecule has 0 aliphatic rings. The van der Waals surface area contributed by atoms with Gasteiger partial charge in [0.1, 0.15) is 10.8 Å². The number of benzene rings is 1. The van der Waals surface area contributed by atoms with E-state index in [2.05, 4.69) is 9.97 Å². The Kier molecular flexibility index (Phi) is 4.29. The van der Waals surface area contributed by atoms with Gasteiger partial charge in [-0.2, -0.15) is 8.42 Å². The Balaban J connectivity index is 2.33. The number of hydrogen-bond acceptors (Lipinski definition) is 4. The largest absolute Gasteiger partial charge is 0.389 e. The number of thiocarbonyl (C=S) groups is 1.